The summed E-state index contributed by atoms with van der Waals surface area (Å²) in [5.74, 6) is 3.90. The molecule has 2 atom stereocenters. The Morgan fingerprint density at radius 1 is 0.235 bits per heavy atom. The van der Waals surface area contributed by atoms with Crippen LogP contribution in [-0.2, 0) is 37.2 Å². The van der Waals surface area contributed by atoms with Gasteiger partial charge in [-0.3, -0.25) is 9.59 Å². The van der Waals surface area contributed by atoms with Crippen molar-refractivity contribution in [3.8, 4) is 0 Å². The van der Waals surface area contributed by atoms with Crippen molar-refractivity contribution in [3.63, 3.8) is 0 Å². The first-order valence-corrected chi connectivity index (χ1v) is 60.0. The molecule has 708 valence electrons. The van der Waals surface area contributed by atoms with Crippen LogP contribution in [0.1, 0.15) is 607 Å². The number of hydrogen-bond donors (Lipinski definition) is 0. The number of hydrogen-bond acceptors (Lipinski definition) is 10. The summed E-state index contributed by atoms with van der Waals surface area (Å²) in [5.41, 5.74) is 0.335. The van der Waals surface area contributed by atoms with Crippen molar-refractivity contribution in [2.75, 3.05) is 37.9 Å². The first-order chi connectivity index (χ1) is 58.7. The van der Waals surface area contributed by atoms with E-state index in [2.05, 4.69) is 41.5 Å². The normalized spacial score (nSPS) is 16.5. The average Bonchev–Trinajstić information content (AvgIpc) is 0.802. The fourth-order valence-corrected chi connectivity index (χ4v) is 25.3. The predicted octanol–water partition coefficient (Wildman–Crippen LogP) is 39.5. The molecule has 0 amide bonds. The van der Waals surface area contributed by atoms with E-state index in [0.29, 0.717) is 43.7 Å². The van der Waals surface area contributed by atoms with Crippen LogP contribution in [-0.4, -0.2) is 62.1 Å². The third-order valence-electron chi connectivity index (χ3n) is 27.3. The van der Waals surface area contributed by atoms with Crippen LogP contribution in [0, 0.1) is 17.3 Å². The Morgan fingerprint density at radius 2 is 0.412 bits per heavy atom. The van der Waals surface area contributed by atoms with E-state index in [1.165, 1.54) is 525 Å². The summed E-state index contributed by atoms with van der Waals surface area (Å²) in [7, 11) is -1.82. The van der Waals surface area contributed by atoms with Crippen LogP contribution in [0.2, 0.25) is 0 Å². The van der Waals surface area contributed by atoms with Gasteiger partial charge in [0.2, 0.25) is 15.2 Å². The molecule has 0 aromatic heterocycles. The van der Waals surface area contributed by atoms with Crippen molar-refractivity contribution in [3.05, 3.63) is 0 Å². The van der Waals surface area contributed by atoms with Crippen LogP contribution in [0.15, 0.2) is 0 Å². The summed E-state index contributed by atoms with van der Waals surface area (Å²) >= 11 is 4.05. The highest BCUT2D eigenvalue weighted by atomic mass is 32.7. The van der Waals surface area contributed by atoms with Crippen LogP contribution < -0.4 is 0 Å². The minimum absolute atomic E-state index is 0.0230. The predicted molar refractivity (Wildman–Crippen MR) is 532 cm³/mol. The van der Waals surface area contributed by atoms with Crippen molar-refractivity contribution in [2.45, 2.75) is 619 Å². The summed E-state index contributed by atoms with van der Waals surface area (Å²) in [5, 5.41) is 0. The van der Waals surface area contributed by atoms with Gasteiger partial charge in [-0.1, -0.05) is 514 Å². The van der Waals surface area contributed by atoms with E-state index in [-0.39, 0.29) is 11.9 Å². The van der Waals surface area contributed by atoms with E-state index in [4.69, 9.17) is 27.6 Å². The molecule has 119 heavy (non-hydrogen) atoms. The van der Waals surface area contributed by atoms with Gasteiger partial charge < -0.3 is 27.6 Å². The molecule has 0 N–H and O–H groups in total. The van der Waals surface area contributed by atoms with Crippen LogP contribution in [0.3, 0.4) is 0 Å². The zero-order valence-electron chi connectivity index (χ0n) is 81.3. The van der Waals surface area contributed by atoms with Gasteiger partial charge in [0.05, 0.1) is 38.6 Å². The van der Waals surface area contributed by atoms with Gasteiger partial charge in [0.25, 0.3) is 0 Å². The second kappa shape index (κ2) is 93.0. The maximum absolute atomic E-state index is 12.3. The lowest BCUT2D eigenvalue weighted by Crippen LogP contribution is -2.38. The smallest absolute Gasteiger partial charge is 0.305 e. The van der Waals surface area contributed by atoms with Crippen LogP contribution in [0.4, 0.5) is 0 Å². The SMILES string of the molecule is CCCCCCCCCCCCCCCOC(=O)CCCCCCCCCCCCCCCSP(OCCCCCCCCCCCCCCC)OC1CCC(C(C)(C)C2CCC(OP(OCCCCCCCCCCCCCCC)SCCCCCCCCCCCCCCCC(=O)OCCCCCCCCCCCCCCC)CC2)CC1. The first kappa shape index (κ1) is 115. The second-order valence-corrected chi connectivity index (χ2v) is 45.4. The number of rotatable bonds is 98. The Kier molecular flexibility index (Phi) is 90.2. The van der Waals surface area contributed by atoms with Gasteiger partial charge in [-0.15, -0.1) is 0 Å². The van der Waals surface area contributed by atoms with E-state index in [1.54, 1.807) is 0 Å². The van der Waals surface area contributed by atoms with E-state index in [9.17, 15) is 9.59 Å². The van der Waals surface area contributed by atoms with Gasteiger partial charge >= 0.3 is 11.9 Å². The van der Waals surface area contributed by atoms with E-state index in [0.717, 1.165) is 63.6 Å². The highest BCUT2D eigenvalue weighted by Crippen LogP contribution is 2.58. The maximum Gasteiger partial charge on any atom is 0.305 e. The molecule has 0 saturated heterocycles. The van der Waals surface area contributed by atoms with Gasteiger partial charge in [-0.05, 0) is 120 Å². The monoisotopic (exact) mass is 1750 g/mol. The fourth-order valence-electron chi connectivity index (χ4n) is 18.8. The summed E-state index contributed by atoms with van der Waals surface area (Å²) < 4.78 is 38.8. The first-order valence-electron chi connectivity index (χ1n) is 54.5. The van der Waals surface area contributed by atoms with Gasteiger partial charge in [-0.25, -0.2) is 0 Å². The highest BCUT2D eigenvalue weighted by molar-refractivity contribution is 8.53. The quantitative estimate of drug-likeness (QED) is 0.0333. The molecule has 0 heterocycles. The molecule has 0 aromatic carbocycles. The minimum Gasteiger partial charge on any atom is -0.466 e. The van der Waals surface area contributed by atoms with Crippen molar-refractivity contribution >= 4 is 49.9 Å². The van der Waals surface area contributed by atoms with Gasteiger partial charge in [0.15, 0.2) is 0 Å². The van der Waals surface area contributed by atoms with E-state index < -0.39 is 15.2 Å². The molecule has 2 rings (SSSR count). The largest absolute Gasteiger partial charge is 0.466 e. The Hall–Kier alpha value is 0.340. The molecule has 2 unspecified atom stereocenters. The average molecular weight is 1750 g/mol. The molecule has 2 aliphatic rings. The van der Waals surface area contributed by atoms with Crippen molar-refractivity contribution in [2.24, 2.45) is 17.3 Å². The Bertz CT molecular complexity index is 1870. The van der Waals surface area contributed by atoms with Gasteiger partial charge in [0.1, 0.15) is 0 Å². The summed E-state index contributed by atoms with van der Waals surface area (Å²) in [4.78, 5) is 24.6. The molecule has 0 radical (unpaired) electrons. The zero-order chi connectivity index (χ0) is 85.2. The second-order valence-electron chi connectivity index (χ2n) is 38.9. The van der Waals surface area contributed by atoms with Crippen molar-refractivity contribution < 1.29 is 37.2 Å². The Balaban J connectivity index is 1.69. The molecule has 12 heteroatoms. The summed E-state index contributed by atoms with van der Waals surface area (Å²) in [6.45, 7) is 17.5. The number of ether oxygens (including phenoxy) is 2. The van der Waals surface area contributed by atoms with Gasteiger partial charge in [-0.2, -0.15) is 0 Å². The molecule has 0 aliphatic heterocycles. The molecule has 2 fully saturated rings. The molecular formula is C107H210O8P2S2. The molecule has 2 aliphatic carbocycles. The number of carbonyl (C=O) groups is 2. The van der Waals surface area contributed by atoms with Crippen LogP contribution in [0.25, 0.3) is 0 Å². The van der Waals surface area contributed by atoms with E-state index in [1.807, 2.05) is 22.8 Å². The topological polar surface area (TPSA) is 89.5 Å². The van der Waals surface area contributed by atoms with Crippen molar-refractivity contribution in [1.29, 1.82) is 0 Å². The molecule has 0 bridgehead atoms. The zero-order valence-corrected chi connectivity index (χ0v) is 84.7. The molecule has 0 spiro atoms. The molecule has 0 aromatic rings. The maximum atomic E-state index is 12.3. The third kappa shape index (κ3) is 79.1. The van der Waals surface area contributed by atoms with Crippen LogP contribution >= 0.6 is 37.9 Å². The third-order valence-corrected chi connectivity index (χ3v) is 33.9. The highest BCUT2D eigenvalue weighted by Gasteiger charge is 2.42. The number of carbonyl (C=O) groups excluding carboxylic acids is 2. The van der Waals surface area contributed by atoms with Crippen LogP contribution in [0.5, 0.6) is 0 Å². The number of esters is 2. The lowest BCUT2D eigenvalue weighted by Gasteiger charge is -2.46. The molecule has 2 saturated carbocycles. The lowest BCUT2D eigenvalue weighted by atomic mass is 9.60. The Morgan fingerprint density at radius 3 is 0.622 bits per heavy atom. The molecular weight excluding hydrogens is 1540 g/mol. The standard InChI is InChI=1S/C107H210O8P2S2/c1-7-11-15-19-23-27-31-39-47-55-63-71-79-95-110-105(108)85-77-69-61-53-45-37-35-43-51-59-67-75-83-99-118-116(112-97-81-73-65-57-49-41-33-29-25-21-17-13-9-3)114-103-91-87-101(88-92-103)107(5,6)102-89-93-104(94-90-102)115-117(113-98-82-74-66-58-50-42-34-30-26-22-18-14-10-4)119-100-84-76-68-60-52-44-36-38-46-54-62-70-78-86-106(109)111-96-80-72-64-56-48-40-32-28-24-20-16-12-8-2/h101-104H,7-100H2,1-6H3. The number of unbranched alkanes of at least 4 members (excludes halogenated alkanes) is 72. The molecule has 8 nitrogen and oxygen atoms in total. The summed E-state index contributed by atoms with van der Waals surface area (Å²) in [6.07, 6.45) is 116. The van der Waals surface area contributed by atoms with Crippen molar-refractivity contribution in [1.82, 2.24) is 0 Å². The fraction of sp³-hybridized carbons (Fsp3) is 0.981. The van der Waals surface area contributed by atoms with Gasteiger partial charge in [0, 0.05) is 24.3 Å². The minimum atomic E-state index is -0.912. The lowest BCUT2D eigenvalue weighted by molar-refractivity contribution is -0.144. The Labute approximate surface area is 756 Å². The summed E-state index contributed by atoms with van der Waals surface area (Å²) in [6, 6.07) is 0. The van der Waals surface area contributed by atoms with E-state index >= 15 is 0 Å².